The molecule has 2 N–H and O–H groups in total. The molecule has 2 aliphatic rings. The average Bonchev–Trinajstić information content (AvgIpc) is 3.26. The summed E-state index contributed by atoms with van der Waals surface area (Å²) < 4.78 is 12.9. The molecular weight excluding hydrogens is 296 g/mol. The topological polar surface area (TPSA) is 92.3 Å². The van der Waals surface area contributed by atoms with Gasteiger partial charge in [0.2, 0.25) is 5.91 Å². The van der Waals surface area contributed by atoms with Gasteiger partial charge in [0.1, 0.15) is 0 Å². The van der Waals surface area contributed by atoms with E-state index in [0.29, 0.717) is 32.3 Å². The highest BCUT2D eigenvalue weighted by Gasteiger charge is 2.26. The second-order valence-electron chi connectivity index (χ2n) is 5.89. The Bertz CT molecular complexity index is 750. The van der Waals surface area contributed by atoms with Gasteiger partial charge < -0.3 is 15.2 Å². The minimum Gasteiger partial charge on any atom is -0.379 e. The first-order valence-electron chi connectivity index (χ1n) is 7.72. The lowest BCUT2D eigenvalue weighted by molar-refractivity contribution is -0.117. The van der Waals surface area contributed by atoms with Crippen LogP contribution in [-0.2, 0) is 33.9 Å². The van der Waals surface area contributed by atoms with Gasteiger partial charge in [-0.05, 0) is 17.5 Å². The average molecular weight is 314 g/mol. The standard InChI is InChI=1S/C16H18N4O3/c17-14(21)6-15-18-16(20(19-15)11-4-5-22-8-11)12-3-1-2-10-7-23-9-13(10)12/h1-3,11H,4-9H2,(H2,17,21). The predicted molar refractivity (Wildman–Crippen MR) is 81.3 cm³/mol. The quantitative estimate of drug-likeness (QED) is 0.907. The number of ether oxygens (including phenoxy) is 2. The zero-order valence-corrected chi connectivity index (χ0v) is 12.7. The third kappa shape index (κ3) is 2.62. The van der Waals surface area contributed by atoms with E-state index >= 15 is 0 Å². The van der Waals surface area contributed by atoms with E-state index in [-0.39, 0.29) is 12.5 Å². The lowest BCUT2D eigenvalue weighted by Gasteiger charge is -2.13. The molecule has 2 aromatic rings. The molecule has 0 radical (unpaired) electrons. The van der Waals surface area contributed by atoms with Crippen LogP contribution in [0.25, 0.3) is 11.4 Å². The lowest BCUT2D eigenvalue weighted by atomic mass is 10.0. The largest absolute Gasteiger partial charge is 0.379 e. The van der Waals surface area contributed by atoms with Crippen LogP contribution in [0.3, 0.4) is 0 Å². The SMILES string of the molecule is NC(=O)Cc1nc(-c2cccc3c2COC3)n(C2CCOC2)n1. The van der Waals surface area contributed by atoms with Crippen LogP contribution in [0.2, 0.25) is 0 Å². The van der Waals surface area contributed by atoms with E-state index in [1.165, 1.54) is 5.56 Å². The Balaban J connectivity index is 1.81. The first-order chi connectivity index (χ1) is 11.2. The fraction of sp³-hybridized carbons (Fsp3) is 0.438. The highest BCUT2D eigenvalue weighted by Crippen LogP contribution is 2.32. The number of hydrogen-bond acceptors (Lipinski definition) is 5. The van der Waals surface area contributed by atoms with Gasteiger partial charge in [0.05, 0.1) is 32.3 Å². The van der Waals surface area contributed by atoms with E-state index in [1.54, 1.807) is 0 Å². The van der Waals surface area contributed by atoms with Crippen molar-refractivity contribution in [2.24, 2.45) is 5.73 Å². The van der Waals surface area contributed by atoms with Crippen LogP contribution in [0.4, 0.5) is 0 Å². The van der Waals surface area contributed by atoms with Gasteiger partial charge in [-0.15, -0.1) is 0 Å². The number of carbonyl (C=O) groups is 1. The minimum atomic E-state index is -0.432. The van der Waals surface area contributed by atoms with Crippen molar-refractivity contribution < 1.29 is 14.3 Å². The summed E-state index contributed by atoms with van der Waals surface area (Å²) >= 11 is 0. The number of carbonyl (C=O) groups excluding carboxylic acids is 1. The van der Waals surface area contributed by atoms with E-state index in [0.717, 1.165) is 23.4 Å². The summed E-state index contributed by atoms with van der Waals surface area (Å²) in [5.74, 6) is 0.785. The summed E-state index contributed by atoms with van der Waals surface area (Å²) in [5.41, 5.74) is 8.62. The van der Waals surface area contributed by atoms with E-state index in [9.17, 15) is 4.79 Å². The number of amides is 1. The number of aromatic nitrogens is 3. The van der Waals surface area contributed by atoms with Crippen molar-refractivity contribution in [2.45, 2.75) is 32.1 Å². The molecule has 7 nitrogen and oxygen atoms in total. The Morgan fingerprint density at radius 3 is 3.04 bits per heavy atom. The molecule has 0 spiro atoms. The van der Waals surface area contributed by atoms with Gasteiger partial charge in [0, 0.05) is 12.2 Å². The van der Waals surface area contributed by atoms with Crippen molar-refractivity contribution in [1.29, 1.82) is 0 Å². The smallest absolute Gasteiger partial charge is 0.225 e. The van der Waals surface area contributed by atoms with E-state index in [1.807, 2.05) is 16.8 Å². The second kappa shape index (κ2) is 5.75. The number of rotatable bonds is 4. The molecule has 1 amide bonds. The van der Waals surface area contributed by atoms with Crippen molar-refractivity contribution >= 4 is 5.91 Å². The summed E-state index contributed by atoms with van der Waals surface area (Å²) in [4.78, 5) is 15.8. The maximum Gasteiger partial charge on any atom is 0.225 e. The van der Waals surface area contributed by atoms with Gasteiger partial charge in [0.25, 0.3) is 0 Å². The summed E-state index contributed by atoms with van der Waals surface area (Å²) in [7, 11) is 0. The molecule has 4 rings (SSSR count). The number of nitrogens with two attached hydrogens (primary N) is 1. The molecule has 3 heterocycles. The van der Waals surface area contributed by atoms with E-state index in [4.69, 9.17) is 15.2 Å². The van der Waals surface area contributed by atoms with Crippen LogP contribution in [0.5, 0.6) is 0 Å². The van der Waals surface area contributed by atoms with Crippen molar-refractivity contribution in [1.82, 2.24) is 14.8 Å². The van der Waals surface area contributed by atoms with E-state index in [2.05, 4.69) is 16.1 Å². The number of benzene rings is 1. The Labute approximate surface area is 133 Å². The van der Waals surface area contributed by atoms with Crippen LogP contribution >= 0.6 is 0 Å². The third-order valence-corrected chi connectivity index (χ3v) is 4.28. The molecule has 120 valence electrons. The number of nitrogens with zero attached hydrogens (tertiary/aromatic N) is 3. The van der Waals surface area contributed by atoms with E-state index < -0.39 is 5.91 Å². The molecule has 1 atom stereocenters. The molecule has 1 fully saturated rings. The molecule has 7 heteroatoms. The van der Waals surface area contributed by atoms with Gasteiger partial charge in [-0.1, -0.05) is 18.2 Å². The van der Waals surface area contributed by atoms with Gasteiger partial charge in [-0.3, -0.25) is 4.79 Å². The van der Waals surface area contributed by atoms with Crippen LogP contribution < -0.4 is 5.73 Å². The molecule has 1 unspecified atom stereocenters. The third-order valence-electron chi connectivity index (χ3n) is 4.28. The molecule has 1 aromatic heterocycles. The van der Waals surface area contributed by atoms with Crippen LogP contribution in [0.1, 0.15) is 29.4 Å². The monoisotopic (exact) mass is 314 g/mol. The molecule has 2 aliphatic heterocycles. The van der Waals surface area contributed by atoms with Crippen molar-refractivity contribution in [3.8, 4) is 11.4 Å². The minimum absolute atomic E-state index is 0.0408. The molecule has 0 bridgehead atoms. The molecule has 1 saturated heterocycles. The Kier molecular flexibility index (Phi) is 3.59. The predicted octanol–water partition coefficient (Wildman–Crippen LogP) is 0.965. The maximum absolute atomic E-state index is 11.2. The highest BCUT2D eigenvalue weighted by molar-refractivity contribution is 5.76. The zero-order chi connectivity index (χ0) is 15.8. The van der Waals surface area contributed by atoms with Gasteiger partial charge in [0.15, 0.2) is 11.6 Å². The van der Waals surface area contributed by atoms with Gasteiger partial charge in [-0.2, -0.15) is 5.10 Å². The highest BCUT2D eigenvalue weighted by atomic mass is 16.5. The first kappa shape index (κ1) is 14.3. The Morgan fingerprint density at radius 1 is 1.35 bits per heavy atom. The molecule has 1 aromatic carbocycles. The number of fused-ring (bicyclic) bond motifs is 1. The van der Waals surface area contributed by atoms with Gasteiger partial charge >= 0.3 is 0 Å². The lowest BCUT2D eigenvalue weighted by Crippen LogP contribution is -2.16. The fourth-order valence-corrected chi connectivity index (χ4v) is 3.16. The first-order valence-corrected chi connectivity index (χ1v) is 7.72. The summed E-state index contributed by atoms with van der Waals surface area (Å²) in [6.45, 7) is 2.52. The number of hydrogen-bond donors (Lipinski definition) is 1. The van der Waals surface area contributed by atoms with Crippen molar-refractivity contribution in [3.05, 3.63) is 35.2 Å². The summed E-state index contributed by atoms with van der Waals surface area (Å²) in [5, 5.41) is 4.52. The normalized spacial score (nSPS) is 19.9. The summed E-state index contributed by atoms with van der Waals surface area (Å²) in [6.07, 6.45) is 0.928. The van der Waals surface area contributed by atoms with Crippen molar-refractivity contribution in [2.75, 3.05) is 13.2 Å². The molecule has 23 heavy (non-hydrogen) atoms. The Hall–Kier alpha value is -2.25. The fourth-order valence-electron chi connectivity index (χ4n) is 3.16. The molecular formula is C16H18N4O3. The van der Waals surface area contributed by atoms with Crippen molar-refractivity contribution in [3.63, 3.8) is 0 Å². The maximum atomic E-state index is 11.2. The van der Waals surface area contributed by atoms with Crippen LogP contribution in [0, 0.1) is 0 Å². The van der Waals surface area contributed by atoms with Crippen LogP contribution in [-0.4, -0.2) is 33.9 Å². The molecule has 0 aliphatic carbocycles. The van der Waals surface area contributed by atoms with Gasteiger partial charge in [-0.25, -0.2) is 9.67 Å². The Morgan fingerprint density at radius 2 is 2.26 bits per heavy atom. The zero-order valence-electron chi connectivity index (χ0n) is 12.7. The number of primary amides is 1. The summed E-state index contributed by atoms with van der Waals surface area (Å²) in [6, 6.07) is 6.23. The second-order valence-corrected chi connectivity index (χ2v) is 5.89. The van der Waals surface area contributed by atoms with Crippen LogP contribution in [0.15, 0.2) is 18.2 Å². The molecule has 0 saturated carbocycles.